The minimum atomic E-state index is -4.94. The zero-order chi connectivity index (χ0) is 30.4. The average Bonchev–Trinajstić information content (AvgIpc) is 3.35. The second-order valence-electron chi connectivity index (χ2n) is 11.4. The van der Waals surface area contributed by atoms with E-state index in [2.05, 4.69) is 15.9 Å². The van der Waals surface area contributed by atoms with Crippen molar-refractivity contribution < 1.29 is 26.4 Å². The number of carbonyl (C=O) groups excluding carboxylic acids is 1. The molecule has 3 aliphatic heterocycles. The van der Waals surface area contributed by atoms with Crippen LogP contribution in [0.4, 0.5) is 30.5 Å². The van der Waals surface area contributed by atoms with Gasteiger partial charge in [-0.2, -0.15) is 22.8 Å². The maximum absolute atomic E-state index is 14.0. The van der Waals surface area contributed by atoms with Gasteiger partial charge in [-0.05, 0) is 63.1 Å². The summed E-state index contributed by atoms with van der Waals surface area (Å²) in [6.07, 6.45) is 1.71. The predicted octanol–water partition coefficient (Wildman–Crippen LogP) is 5.25. The number of hydrogen-bond donors (Lipinski definition) is 1. The van der Waals surface area contributed by atoms with Crippen LogP contribution in [0.1, 0.15) is 67.0 Å². The number of nitrogens with one attached hydrogen (secondary N) is 1. The van der Waals surface area contributed by atoms with Crippen molar-refractivity contribution in [1.82, 2.24) is 19.5 Å². The van der Waals surface area contributed by atoms with Crippen molar-refractivity contribution in [3.05, 3.63) is 46.6 Å². The predicted molar refractivity (Wildman–Crippen MR) is 158 cm³/mol. The molecule has 1 atom stereocenters. The molecule has 5 heterocycles. The highest BCUT2D eigenvalue weighted by atomic mass is 35.5. The highest BCUT2D eigenvalue weighted by Crippen LogP contribution is 2.36. The van der Waals surface area contributed by atoms with E-state index in [9.17, 15) is 26.4 Å². The molecule has 15 heteroatoms. The number of hydrogen-bond acceptors (Lipinski definition) is 7. The van der Waals surface area contributed by atoms with Crippen molar-refractivity contribution in [1.29, 1.82) is 0 Å². The summed E-state index contributed by atoms with van der Waals surface area (Å²) >= 11 is 6.17. The van der Waals surface area contributed by atoms with Crippen LogP contribution in [0.15, 0.2) is 30.3 Å². The van der Waals surface area contributed by atoms with Crippen LogP contribution in [-0.4, -0.2) is 78.5 Å². The Morgan fingerprint density at radius 2 is 1.67 bits per heavy atom. The Balaban J connectivity index is 1.35. The maximum atomic E-state index is 14.0. The largest absolute Gasteiger partial charge is 0.404 e. The first-order chi connectivity index (χ1) is 20.5. The lowest BCUT2D eigenvalue weighted by Crippen LogP contribution is -2.39. The van der Waals surface area contributed by atoms with Crippen molar-refractivity contribution in [2.45, 2.75) is 57.2 Å². The van der Waals surface area contributed by atoms with Gasteiger partial charge in [-0.3, -0.25) is 9.52 Å². The van der Waals surface area contributed by atoms with Crippen LogP contribution in [0.5, 0.6) is 0 Å². The molecule has 1 amide bonds. The maximum Gasteiger partial charge on any atom is 0.404 e. The highest BCUT2D eigenvalue weighted by Gasteiger charge is 2.37. The molecule has 0 unspecified atom stereocenters. The van der Waals surface area contributed by atoms with E-state index in [-0.39, 0.29) is 16.3 Å². The molecule has 3 aliphatic rings. The van der Waals surface area contributed by atoms with E-state index in [0.29, 0.717) is 30.7 Å². The van der Waals surface area contributed by atoms with Gasteiger partial charge < -0.3 is 14.7 Å². The number of carbonyl (C=O) groups is 1. The quantitative estimate of drug-likeness (QED) is 0.377. The fourth-order valence-corrected chi connectivity index (χ4v) is 7.21. The Morgan fingerprint density at radius 3 is 2.37 bits per heavy atom. The van der Waals surface area contributed by atoms with Gasteiger partial charge in [0.1, 0.15) is 11.6 Å². The second kappa shape index (κ2) is 11.7. The minimum absolute atomic E-state index is 0.124. The minimum Gasteiger partial charge on any atom is -0.356 e. The third-order valence-electron chi connectivity index (χ3n) is 8.21. The van der Waals surface area contributed by atoms with E-state index < -0.39 is 33.9 Å². The van der Waals surface area contributed by atoms with Gasteiger partial charge in [-0.15, -0.1) is 0 Å². The Labute approximate surface area is 252 Å². The summed E-state index contributed by atoms with van der Waals surface area (Å²) in [5.41, 5.74) is 0.953. The van der Waals surface area contributed by atoms with E-state index in [1.54, 1.807) is 4.90 Å². The Morgan fingerprint density at radius 1 is 0.953 bits per heavy atom. The van der Waals surface area contributed by atoms with E-state index in [1.165, 1.54) is 24.6 Å². The number of halogens is 4. The summed E-state index contributed by atoms with van der Waals surface area (Å²) in [6, 6.07) is 7.35. The Bertz CT molecular complexity index is 1620. The topological polar surface area (TPSA) is 103 Å². The molecule has 0 spiro atoms. The molecule has 0 aliphatic carbocycles. The lowest BCUT2D eigenvalue weighted by atomic mass is 9.98. The van der Waals surface area contributed by atoms with Crippen molar-refractivity contribution in [3.8, 4) is 0 Å². The van der Waals surface area contributed by atoms with Crippen LogP contribution < -0.4 is 14.5 Å². The van der Waals surface area contributed by atoms with Crippen LogP contribution in [0.3, 0.4) is 0 Å². The molecular formula is C28H33ClF3N7O3S. The van der Waals surface area contributed by atoms with Gasteiger partial charge in [0.15, 0.2) is 11.4 Å². The normalized spacial score (nSPS) is 19.9. The lowest BCUT2D eigenvalue weighted by Gasteiger charge is -2.35. The van der Waals surface area contributed by atoms with Gasteiger partial charge in [-0.25, -0.2) is 13.4 Å². The molecule has 3 fully saturated rings. The molecule has 0 bridgehead atoms. The number of alkyl halides is 3. The molecule has 0 radical (unpaired) electrons. The molecule has 3 aromatic rings. The van der Waals surface area contributed by atoms with Crippen LogP contribution in [0.2, 0.25) is 5.02 Å². The molecule has 1 N–H and O–H groups in total. The standard InChI is InChI=1S/C28H33ClF3N7O3S/c29-19-8-9-21(35-43(41,42)18-28(30,31)32)20(15-19)27(40)38-14-5-2-7-23(38)22-16-25-33-24(36-12-6-13-36)17-26(39(25)34-22)37-10-3-1-4-11-37/h8-9,15-17,23,35H,1-7,10-14,18H2/t23-/m0/s1. The summed E-state index contributed by atoms with van der Waals surface area (Å²) in [4.78, 5) is 25.1. The smallest absolute Gasteiger partial charge is 0.356 e. The van der Waals surface area contributed by atoms with Crippen molar-refractivity contribution in [3.63, 3.8) is 0 Å². The number of sulfonamides is 1. The molecule has 232 valence electrons. The number of fused-ring (bicyclic) bond motifs is 1. The fourth-order valence-electron chi connectivity index (χ4n) is 6.02. The van der Waals surface area contributed by atoms with E-state index in [0.717, 1.165) is 63.5 Å². The third-order valence-corrected chi connectivity index (χ3v) is 9.68. The van der Waals surface area contributed by atoms with E-state index in [1.807, 2.05) is 15.3 Å². The molecule has 10 nitrogen and oxygen atoms in total. The average molecular weight is 640 g/mol. The van der Waals surface area contributed by atoms with Gasteiger partial charge in [0, 0.05) is 49.9 Å². The summed E-state index contributed by atoms with van der Waals surface area (Å²) in [5.74, 6) is -0.755. The van der Waals surface area contributed by atoms with Crippen LogP contribution in [0, 0.1) is 0 Å². The third kappa shape index (κ3) is 6.49. The molecule has 6 rings (SSSR count). The monoisotopic (exact) mass is 639 g/mol. The van der Waals surface area contributed by atoms with Crippen LogP contribution >= 0.6 is 11.6 Å². The Hall–Kier alpha value is -3.26. The van der Waals surface area contributed by atoms with Gasteiger partial charge in [-0.1, -0.05) is 11.6 Å². The molecule has 43 heavy (non-hydrogen) atoms. The molecule has 2 aromatic heterocycles. The van der Waals surface area contributed by atoms with Crippen molar-refractivity contribution in [2.75, 3.05) is 53.0 Å². The molecular weight excluding hydrogens is 607 g/mol. The number of nitrogens with zero attached hydrogens (tertiary/aromatic N) is 6. The number of anilines is 3. The number of likely N-dealkylation sites (tertiary alicyclic amines) is 1. The number of rotatable bonds is 7. The number of amides is 1. The fraction of sp³-hybridized carbons (Fsp3) is 0.536. The SMILES string of the molecule is O=C(c1cc(Cl)ccc1NS(=O)(=O)CC(F)(F)F)N1CCCC[C@H]1c1cc2nc(N3CCC3)cc(N3CCCCC3)n2n1. The van der Waals surface area contributed by atoms with Gasteiger partial charge >= 0.3 is 6.18 Å². The first kappa shape index (κ1) is 29.8. The second-order valence-corrected chi connectivity index (χ2v) is 13.5. The van der Waals surface area contributed by atoms with Crippen molar-refractivity contribution >= 4 is 50.5 Å². The number of aromatic nitrogens is 3. The van der Waals surface area contributed by atoms with Crippen LogP contribution in [-0.2, 0) is 10.0 Å². The highest BCUT2D eigenvalue weighted by molar-refractivity contribution is 7.92. The summed E-state index contributed by atoms with van der Waals surface area (Å²) in [7, 11) is -4.82. The van der Waals surface area contributed by atoms with E-state index in [4.69, 9.17) is 21.7 Å². The lowest BCUT2D eigenvalue weighted by molar-refractivity contribution is -0.106. The van der Waals surface area contributed by atoms with Gasteiger partial charge in [0.2, 0.25) is 10.0 Å². The first-order valence-corrected chi connectivity index (χ1v) is 16.6. The molecule has 0 saturated carbocycles. The summed E-state index contributed by atoms with van der Waals surface area (Å²) < 4.78 is 67.1. The first-order valence-electron chi connectivity index (χ1n) is 14.6. The Kier molecular flexibility index (Phi) is 8.09. The number of benzene rings is 1. The van der Waals surface area contributed by atoms with Gasteiger partial charge in [0.05, 0.1) is 23.0 Å². The summed E-state index contributed by atoms with van der Waals surface area (Å²) in [5, 5.41) is 5.11. The van der Waals surface area contributed by atoms with Crippen LogP contribution in [0.25, 0.3) is 5.65 Å². The molecule has 1 aromatic carbocycles. The molecule has 3 saturated heterocycles. The van der Waals surface area contributed by atoms with E-state index >= 15 is 0 Å². The summed E-state index contributed by atoms with van der Waals surface area (Å²) in [6.45, 7) is 4.10. The van der Waals surface area contributed by atoms with Crippen molar-refractivity contribution in [2.24, 2.45) is 0 Å². The van der Waals surface area contributed by atoms with Gasteiger partial charge in [0.25, 0.3) is 5.91 Å². The zero-order valence-electron chi connectivity index (χ0n) is 23.5. The number of piperidine rings is 2. The zero-order valence-corrected chi connectivity index (χ0v) is 25.1.